The lowest BCUT2D eigenvalue weighted by Crippen LogP contribution is -2.40. The van der Waals surface area contributed by atoms with Gasteiger partial charge >= 0.3 is 0 Å². The van der Waals surface area contributed by atoms with Crippen LogP contribution in [0.15, 0.2) is 0 Å². The Morgan fingerprint density at radius 2 is 1.67 bits per heavy atom. The van der Waals surface area contributed by atoms with Gasteiger partial charge in [0.25, 0.3) is 0 Å². The molecule has 0 aromatic rings. The number of nitrogens with zero attached hydrogens (tertiary/aromatic N) is 2. The number of carbonyl (C=O) groups excluding carboxylic acids is 1. The normalized spacial score (nSPS) is 11.1. The summed E-state index contributed by atoms with van der Waals surface area (Å²) in [6.07, 6.45) is 0.613. The molecule has 0 atom stereocenters. The van der Waals surface area contributed by atoms with Gasteiger partial charge in [-0.15, -0.1) is 0 Å². The van der Waals surface area contributed by atoms with Crippen LogP contribution in [-0.2, 0) is 4.79 Å². The Hall–Kier alpha value is -0.570. The van der Waals surface area contributed by atoms with Gasteiger partial charge < -0.3 is 4.90 Å². The molecule has 0 N–H and O–H groups in total. The van der Waals surface area contributed by atoms with E-state index in [9.17, 15) is 4.79 Å². The quantitative estimate of drug-likeness (QED) is 0.647. The second kappa shape index (κ2) is 7.69. The minimum Gasteiger partial charge on any atom is -0.342 e. The average molecular weight is 214 g/mol. The molecule has 0 rings (SSSR count). The van der Waals surface area contributed by atoms with Crippen LogP contribution in [0.5, 0.6) is 0 Å². The highest BCUT2D eigenvalue weighted by Gasteiger charge is 2.12. The highest BCUT2D eigenvalue weighted by Crippen LogP contribution is 2.00. The Morgan fingerprint density at radius 3 is 2.00 bits per heavy atom. The molecule has 0 saturated heterocycles. The van der Waals surface area contributed by atoms with E-state index in [1.54, 1.807) is 0 Å². The van der Waals surface area contributed by atoms with E-state index in [0.717, 1.165) is 26.2 Å². The Kier molecular flexibility index (Phi) is 7.39. The lowest BCUT2D eigenvalue weighted by molar-refractivity contribution is -0.130. The van der Waals surface area contributed by atoms with Crippen molar-refractivity contribution < 1.29 is 4.79 Å². The van der Waals surface area contributed by atoms with Crippen LogP contribution in [0.4, 0.5) is 0 Å². The van der Waals surface area contributed by atoms with Crippen LogP contribution in [0.25, 0.3) is 0 Å². The second-order valence-corrected chi connectivity index (χ2v) is 4.05. The van der Waals surface area contributed by atoms with Crippen molar-refractivity contribution in [3.05, 3.63) is 0 Å². The fraction of sp³-hybridized carbons (Fsp3) is 0.917. The summed E-state index contributed by atoms with van der Waals surface area (Å²) in [6, 6.07) is 0.561. The first-order valence-corrected chi connectivity index (χ1v) is 6.08. The first-order valence-electron chi connectivity index (χ1n) is 6.08. The van der Waals surface area contributed by atoms with Gasteiger partial charge in [-0.25, -0.2) is 0 Å². The third-order valence-corrected chi connectivity index (χ3v) is 2.83. The summed E-state index contributed by atoms with van der Waals surface area (Å²) in [4.78, 5) is 15.8. The predicted molar refractivity (Wildman–Crippen MR) is 64.9 cm³/mol. The van der Waals surface area contributed by atoms with Crippen LogP contribution in [0.2, 0.25) is 0 Å². The fourth-order valence-corrected chi connectivity index (χ4v) is 1.71. The van der Waals surface area contributed by atoms with Crippen LogP contribution in [0.3, 0.4) is 0 Å². The van der Waals surface area contributed by atoms with E-state index >= 15 is 0 Å². The third-order valence-electron chi connectivity index (χ3n) is 2.83. The van der Waals surface area contributed by atoms with Crippen LogP contribution in [0, 0.1) is 0 Å². The molecule has 0 heterocycles. The minimum absolute atomic E-state index is 0.261. The summed E-state index contributed by atoms with van der Waals surface area (Å²) in [6.45, 7) is 14.2. The van der Waals surface area contributed by atoms with Gasteiger partial charge in [0.1, 0.15) is 0 Å². The van der Waals surface area contributed by atoms with Gasteiger partial charge in [0.2, 0.25) is 5.91 Å². The maximum Gasteiger partial charge on any atom is 0.222 e. The van der Waals surface area contributed by atoms with Crippen molar-refractivity contribution >= 4 is 5.91 Å². The zero-order valence-electron chi connectivity index (χ0n) is 10.9. The number of hydrogen-bond donors (Lipinski definition) is 0. The monoisotopic (exact) mass is 214 g/mol. The molecule has 0 aliphatic heterocycles. The van der Waals surface area contributed by atoms with E-state index in [4.69, 9.17) is 0 Å². The molecule has 3 nitrogen and oxygen atoms in total. The molecule has 1 amide bonds. The molecule has 0 aromatic carbocycles. The Labute approximate surface area is 94.4 Å². The van der Waals surface area contributed by atoms with Gasteiger partial charge in [0.15, 0.2) is 0 Å². The van der Waals surface area contributed by atoms with Crippen LogP contribution >= 0.6 is 0 Å². The van der Waals surface area contributed by atoms with Crippen molar-refractivity contribution in [1.82, 2.24) is 9.80 Å². The zero-order valence-corrected chi connectivity index (χ0v) is 10.9. The van der Waals surface area contributed by atoms with Crippen LogP contribution in [0.1, 0.15) is 41.0 Å². The Balaban J connectivity index is 4.03. The molecule has 0 spiro atoms. The summed E-state index contributed by atoms with van der Waals surface area (Å²) >= 11 is 0. The number of rotatable bonds is 7. The lowest BCUT2D eigenvalue weighted by Gasteiger charge is -2.28. The first-order chi connectivity index (χ1) is 7.06. The lowest BCUT2D eigenvalue weighted by atomic mass is 10.3. The molecule has 0 aliphatic carbocycles. The minimum atomic E-state index is 0.261. The van der Waals surface area contributed by atoms with E-state index < -0.39 is 0 Å². The highest BCUT2D eigenvalue weighted by atomic mass is 16.2. The van der Waals surface area contributed by atoms with Crippen molar-refractivity contribution in [3.8, 4) is 0 Å². The van der Waals surface area contributed by atoms with Crippen molar-refractivity contribution in [2.75, 3.05) is 26.2 Å². The van der Waals surface area contributed by atoms with E-state index in [1.165, 1.54) is 0 Å². The molecule has 0 radical (unpaired) electrons. The molecule has 0 unspecified atom stereocenters. The SMILES string of the molecule is CCC(=O)N(CC)CCN(CC)C(C)C. The van der Waals surface area contributed by atoms with E-state index in [-0.39, 0.29) is 5.91 Å². The molecule has 90 valence electrons. The smallest absolute Gasteiger partial charge is 0.222 e. The molecular weight excluding hydrogens is 188 g/mol. The Morgan fingerprint density at radius 1 is 1.07 bits per heavy atom. The predicted octanol–water partition coefficient (Wildman–Crippen LogP) is 1.98. The van der Waals surface area contributed by atoms with Gasteiger partial charge in [-0.1, -0.05) is 13.8 Å². The molecule has 0 bridgehead atoms. The standard InChI is InChI=1S/C12H26N2O/c1-6-12(15)14(8-3)10-9-13(7-2)11(4)5/h11H,6-10H2,1-5H3. The fourth-order valence-electron chi connectivity index (χ4n) is 1.71. The van der Waals surface area contributed by atoms with Gasteiger partial charge in [0, 0.05) is 32.1 Å². The molecule has 0 aliphatic rings. The summed E-state index contributed by atoms with van der Waals surface area (Å²) in [7, 11) is 0. The van der Waals surface area contributed by atoms with E-state index in [1.807, 2.05) is 18.7 Å². The molecule has 0 aromatic heterocycles. The zero-order chi connectivity index (χ0) is 11.8. The van der Waals surface area contributed by atoms with Gasteiger partial charge in [0.05, 0.1) is 0 Å². The summed E-state index contributed by atoms with van der Waals surface area (Å²) < 4.78 is 0. The van der Waals surface area contributed by atoms with Gasteiger partial charge in [-0.3, -0.25) is 9.69 Å². The van der Waals surface area contributed by atoms with Crippen molar-refractivity contribution in [2.45, 2.75) is 47.1 Å². The second-order valence-electron chi connectivity index (χ2n) is 4.05. The number of amides is 1. The number of likely N-dealkylation sites (N-methyl/N-ethyl adjacent to an activating group) is 2. The third kappa shape index (κ3) is 5.17. The summed E-state index contributed by atoms with van der Waals surface area (Å²) in [5, 5.41) is 0. The summed E-state index contributed by atoms with van der Waals surface area (Å²) in [5.74, 6) is 0.261. The van der Waals surface area contributed by atoms with Crippen LogP contribution in [-0.4, -0.2) is 47.9 Å². The highest BCUT2D eigenvalue weighted by molar-refractivity contribution is 5.75. The number of carbonyl (C=O) groups is 1. The largest absolute Gasteiger partial charge is 0.342 e. The molecule has 15 heavy (non-hydrogen) atoms. The Bertz CT molecular complexity index is 180. The van der Waals surface area contributed by atoms with Crippen LogP contribution < -0.4 is 0 Å². The molecule has 0 fully saturated rings. The number of hydrogen-bond acceptors (Lipinski definition) is 2. The topological polar surface area (TPSA) is 23.6 Å². The van der Waals surface area contributed by atoms with Gasteiger partial charge in [-0.2, -0.15) is 0 Å². The average Bonchev–Trinajstić information content (AvgIpc) is 2.23. The molecule has 0 saturated carbocycles. The molecule has 3 heteroatoms. The van der Waals surface area contributed by atoms with E-state index in [0.29, 0.717) is 12.5 Å². The maximum absolute atomic E-state index is 11.5. The van der Waals surface area contributed by atoms with E-state index in [2.05, 4.69) is 25.7 Å². The van der Waals surface area contributed by atoms with Gasteiger partial charge in [-0.05, 0) is 27.3 Å². The molecular formula is C12H26N2O. The maximum atomic E-state index is 11.5. The van der Waals surface area contributed by atoms with Crippen molar-refractivity contribution in [1.29, 1.82) is 0 Å². The van der Waals surface area contributed by atoms with Crippen molar-refractivity contribution in [3.63, 3.8) is 0 Å². The first kappa shape index (κ1) is 14.4. The van der Waals surface area contributed by atoms with Crippen molar-refractivity contribution in [2.24, 2.45) is 0 Å². The summed E-state index contributed by atoms with van der Waals surface area (Å²) in [5.41, 5.74) is 0.